The number of aromatic nitrogens is 2. The summed E-state index contributed by atoms with van der Waals surface area (Å²) < 4.78 is 50.8. The van der Waals surface area contributed by atoms with E-state index in [0.29, 0.717) is 5.52 Å². The fourth-order valence-electron chi connectivity index (χ4n) is 2.96. The van der Waals surface area contributed by atoms with Crippen LogP contribution in [0.5, 0.6) is 0 Å². The minimum absolute atomic E-state index is 0.0361. The molecule has 1 atom stereocenters. The minimum atomic E-state index is -4.11. The van der Waals surface area contributed by atoms with Crippen LogP contribution in [0.4, 0.5) is 20.2 Å². The van der Waals surface area contributed by atoms with Crippen LogP contribution in [-0.2, 0) is 10.0 Å². The fourth-order valence-corrected chi connectivity index (χ4v) is 3.49. The first-order valence-electron chi connectivity index (χ1n) is 8.39. The van der Waals surface area contributed by atoms with Crippen molar-refractivity contribution in [2.75, 3.05) is 11.9 Å². The number of hydrogen-bond acceptors (Lipinski definition) is 6. The van der Waals surface area contributed by atoms with Crippen molar-refractivity contribution in [3.63, 3.8) is 0 Å². The van der Waals surface area contributed by atoms with E-state index in [1.54, 1.807) is 25.1 Å². The van der Waals surface area contributed by atoms with Crippen molar-refractivity contribution in [2.24, 2.45) is 5.14 Å². The second-order valence-corrected chi connectivity index (χ2v) is 7.93. The largest absolute Gasteiger partial charge is 0.379 e. The maximum Gasteiger partial charge on any atom is 0.320 e. The Morgan fingerprint density at radius 2 is 1.97 bits per heavy atom. The van der Waals surface area contributed by atoms with E-state index in [2.05, 4.69) is 10.3 Å². The highest BCUT2D eigenvalue weighted by atomic mass is 32.2. The Labute approximate surface area is 164 Å². The van der Waals surface area contributed by atoms with Crippen LogP contribution in [0.15, 0.2) is 47.4 Å². The highest BCUT2D eigenvalue weighted by molar-refractivity contribution is 7.89. The lowest BCUT2D eigenvalue weighted by molar-refractivity contribution is -0.384. The zero-order valence-corrected chi connectivity index (χ0v) is 15.9. The van der Waals surface area contributed by atoms with Gasteiger partial charge < -0.3 is 5.32 Å². The number of benzene rings is 2. The number of nitro benzene ring substituents is 1. The third-order valence-corrected chi connectivity index (χ3v) is 5.26. The molecular weight excluding hydrogens is 408 g/mol. The number of nitro groups is 1. The van der Waals surface area contributed by atoms with E-state index in [1.165, 1.54) is 12.1 Å². The summed E-state index contributed by atoms with van der Waals surface area (Å²) in [5.41, 5.74) is 0.242. The van der Waals surface area contributed by atoms with Crippen molar-refractivity contribution >= 4 is 32.4 Å². The second kappa shape index (κ2) is 7.72. The average Bonchev–Trinajstić information content (AvgIpc) is 3.05. The van der Waals surface area contributed by atoms with E-state index in [0.717, 1.165) is 16.7 Å². The van der Waals surface area contributed by atoms with Gasteiger partial charge in [0, 0.05) is 18.5 Å². The summed E-state index contributed by atoms with van der Waals surface area (Å²) in [6.45, 7) is -1.10. The van der Waals surface area contributed by atoms with Gasteiger partial charge in [0.25, 0.3) is 5.69 Å². The number of imidazole rings is 1. The van der Waals surface area contributed by atoms with Gasteiger partial charge in [-0.3, -0.25) is 14.7 Å². The van der Waals surface area contributed by atoms with Crippen molar-refractivity contribution < 1.29 is 22.1 Å². The van der Waals surface area contributed by atoms with Crippen LogP contribution in [-0.4, -0.2) is 29.4 Å². The van der Waals surface area contributed by atoms with Crippen LogP contribution in [0, 0.1) is 10.1 Å². The van der Waals surface area contributed by atoms with Gasteiger partial charge in [0.15, 0.2) is 0 Å². The van der Waals surface area contributed by atoms with Crippen LogP contribution in [0.1, 0.15) is 25.2 Å². The quantitative estimate of drug-likeness (QED) is 0.441. The number of nitrogens with two attached hydrogens (primary N) is 1. The SMILES string of the molecule is C[C@@H](CNc1ccc(S(N)(=O)=O)cc1[N+](=O)[O-])c1nc2ccccc2n1C(F)F. The molecular formula is C17H17F2N5O4S. The first kappa shape index (κ1) is 20.6. The molecule has 0 saturated carbocycles. The summed E-state index contributed by atoms with van der Waals surface area (Å²) >= 11 is 0. The third-order valence-electron chi connectivity index (χ3n) is 4.35. The summed E-state index contributed by atoms with van der Waals surface area (Å²) in [5.74, 6) is -0.411. The molecule has 29 heavy (non-hydrogen) atoms. The van der Waals surface area contributed by atoms with E-state index in [-0.39, 0.29) is 23.6 Å². The number of primary sulfonamides is 1. The first-order chi connectivity index (χ1) is 13.6. The molecule has 0 fully saturated rings. The lowest BCUT2D eigenvalue weighted by atomic mass is 10.1. The number of nitrogens with one attached hydrogen (secondary N) is 1. The van der Waals surface area contributed by atoms with E-state index in [1.807, 2.05) is 0 Å². The van der Waals surface area contributed by atoms with Crippen LogP contribution < -0.4 is 10.5 Å². The Morgan fingerprint density at radius 3 is 2.59 bits per heavy atom. The number of nitrogens with zero attached hydrogens (tertiary/aromatic N) is 3. The number of fused-ring (bicyclic) bond motifs is 1. The first-order valence-corrected chi connectivity index (χ1v) is 9.94. The smallest absolute Gasteiger partial charge is 0.320 e. The summed E-state index contributed by atoms with van der Waals surface area (Å²) in [6, 6.07) is 9.66. The molecule has 0 aliphatic heterocycles. The number of alkyl halides is 2. The van der Waals surface area contributed by atoms with Gasteiger partial charge in [0.05, 0.1) is 20.9 Å². The molecule has 2 aromatic carbocycles. The molecule has 3 rings (SSSR count). The number of para-hydroxylation sites is 2. The minimum Gasteiger partial charge on any atom is -0.379 e. The fraction of sp³-hybridized carbons (Fsp3) is 0.235. The van der Waals surface area contributed by atoms with Crippen molar-refractivity contribution in [2.45, 2.75) is 24.3 Å². The Balaban J connectivity index is 1.90. The molecule has 3 aromatic rings. The molecule has 0 unspecified atom stereocenters. The van der Waals surface area contributed by atoms with E-state index in [9.17, 15) is 27.3 Å². The van der Waals surface area contributed by atoms with Gasteiger partial charge in [-0.1, -0.05) is 19.1 Å². The number of halogens is 2. The van der Waals surface area contributed by atoms with Gasteiger partial charge in [0.2, 0.25) is 10.0 Å². The number of rotatable bonds is 7. The van der Waals surface area contributed by atoms with Gasteiger partial charge in [-0.05, 0) is 24.3 Å². The number of anilines is 1. The summed E-state index contributed by atoms with van der Waals surface area (Å²) in [7, 11) is -4.11. The summed E-state index contributed by atoms with van der Waals surface area (Å²) in [5, 5.41) is 19.1. The molecule has 154 valence electrons. The predicted octanol–water partition coefficient (Wildman–Crippen LogP) is 3.20. The predicted molar refractivity (Wildman–Crippen MR) is 102 cm³/mol. The Morgan fingerprint density at radius 1 is 1.28 bits per heavy atom. The van der Waals surface area contributed by atoms with Crippen LogP contribution >= 0.6 is 0 Å². The molecule has 0 aliphatic rings. The number of hydrogen-bond donors (Lipinski definition) is 2. The Hall–Kier alpha value is -3.12. The van der Waals surface area contributed by atoms with Crippen molar-refractivity contribution in [1.29, 1.82) is 0 Å². The summed E-state index contributed by atoms with van der Waals surface area (Å²) in [6.07, 6.45) is 0. The molecule has 0 saturated heterocycles. The molecule has 9 nitrogen and oxygen atoms in total. The molecule has 1 aromatic heterocycles. The molecule has 0 amide bonds. The van der Waals surface area contributed by atoms with Gasteiger partial charge in [-0.2, -0.15) is 8.78 Å². The topological polar surface area (TPSA) is 133 Å². The van der Waals surface area contributed by atoms with Crippen LogP contribution in [0.25, 0.3) is 11.0 Å². The van der Waals surface area contributed by atoms with Crippen LogP contribution in [0.2, 0.25) is 0 Å². The Bertz CT molecular complexity index is 1180. The summed E-state index contributed by atoms with van der Waals surface area (Å²) in [4.78, 5) is 14.4. The van der Waals surface area contributed by atoms with E-state index in [4.69, 9.17) is 5.14 Å². The van der Waals surface area contributed by atoms with E-state index >= 15 is 0 Å². The standard InChI is InChI=1S/C17H17F2N5O4S/c1-10(16-22-13-4-2-3-5-14(13)23(16)17(18)19)9-21-12-7-6-11(29(20,27)28)8-15(12)24(25)26/h2-8,10,17,21H,9H2,1H3,(H2,20,27,28)/t10-/m0/s1. The molecule has 1 heterocycles. The van der Waals surface area contributed by atoms with Gasteiger partial charge >= 0.3 is 6.55 Å². The van der Waals surface area contributed by atoms with Crippen molar-refractivity contribution in [3.05, 3.63) is 58.4 Å². The monoisotopic (exact) mass is 425 g/mol. The lowest BCUT2D eigenvalue weighted by Crippen LogP contribution is -2.17. The average molecular weight is 425 g/mol. The molecule has 12 heteroatoms. The third kappa shape index (κ3) is 4.17. The highest BCUT2D eigenvalue weighted by Crippen LogP contribution is 2.30. The molecule has 0 bridgehead atoms. The zero-order valence-electron chi connectivity index (χ0n) is 15.1. The highest BCUT2D eigenvalue weighted by Gasteiger charge is 2.23. The molecule has 0 aliphatic carbocycles. The van der Waals surface area contributed by atoms with Gasteiger partial charge in [-0.15, -0.1) is 0 Å². The van der Waals surface area contributed by atoms with Gasteiger partial charge in [0.1, 0.15) is 11.5 Å². The molecule has 0 radical (unpaired) electrons. The van der Waals surface area contributed by atoms with Crippen LogP contribution in [0.3, 0.4) is 0 Å². The number of sulfonamides is 1. The van der Waals surface area contributed by atoms with E-state index < -0.39 is 38.0 Å². The zero-order chi connectivity index (χ0) is 21.3. The second-order valence-electron chi connectivity index (χ2n) is 6.37. The van der Waals surface area contributed by atoms with Gasteiger partial charge in [-0.25, -0.2) is 18.5 Å². The van der Waals surface area contributed by atoms with Crippen molar-refractivity contribution in [3.8, 4) is 0 Å². The van der Waals surface area contributed by atoms with Crippen molar-refractivity contribution in [1.82, 2.24) is 9.55 Å². The maximum atomic E-state index is 13.6. The lowest BCUT2D eigenvalue weighted by Gasteiger charge is -2.16. The molecule has 0 spiro atoms. The normalized spacial score (nSPS) is 13.0. The molecule has 3 N–H and O–H groups in total. The maximum absolute atomic E-state index is 13.6. The Kier molecular flexibility index (Phi) is 5.48.